The summed E-state index contributed by atoms with van der Waals surface area (Å²) in [5.41, 5.74) is 2.33. The second-order valence-electron chi connectivity index (χ2n) is 5.86. The smallest absolute Gasteiger partial charge is 0.0495 e. The third-order valence-corrected chi connectivity index (χ3v) is 5.12. The predicted molar refractivity (Wildman–Crippen MR) is 95.4 cm³/mol. The molecular weight excluding hydrogens is 298 g/mol. The molecule has 0 saturated heterocycles. The van der Waals surface area contributed by atoms with Gasteiger partial charge in [0.2, 0.25) is 0 Å². The average Bonchev–Trinajstić information content (AvgIpc) is 2.88. The number of nitrogens with one attached hydrogen (secondary N) is 1. The lowest BCUT2D eigenvalue weighted by molar-refractivity contribution is 0.418. The molecule has 1 atom stereocenters. The molecule has 1 nitrogen and oxygen atoms in total. The lowest BCUT2D eigenvalue weighted by Gasteiger charge is -2.21. The van der Waals surface area contributed by atoms with Gasteiger partial charge in [-0.25, -0.2) is 0 Å². The number of halogens is 1. The van der Waals surface area contributed by atoms with Crippen molar-refractivity contribution in [3.63, 3.8) is 0 Å². The molecule has 1 heterocycles. The maximum absolute atomic E-state index is 6.39. The van der Waals surface area contributed by atoms with Gasteiger partial charge in [0, 0.05) is 26.4 Å². The van der Waals surface area contributed by atoms with Crippen molar-refractivity contribution >= 4 is 22.9 Å². The van der Waals surface area contributed by atoms with Crippen molar-refractivity contribution in [2.24, 2.45) is 5.92 Å². The van der Waals surface area contributed by atoms with Crippen molar-refractivity contribution < 1.29 is 0 Å². The molecule has 0 aliphatic rings. The zero-order chi connectivity index (χ0) is 15.4. The summed E-state index contributed by atoms with van der Waals surface area (Å²) in [4.78, 5) is 2.64. The molecule has 21 heavy (non-hydrogen) atoms. The molecule has 0 radical (unpaired) electrons. The van der Waals surface area contributed by atoms with E-state index in [1.54, 1.807) is 0 Å². The molecule has 0 bridgehead atoms. The molecular formula is C18H24ClNS. The predicted octanol–water partition coefficient (Wildman–Crippen LogP) is 6.07. The van der Waals surface area contributed by atoms with Crippen LogP contribution in [0, 0.1) is 12.8 Å². The SMILES string of the molecule is CCCNC(c1ccc(-c2ccc(C)cc2Cl)s1)C(C)C. The number of hydrogen-bond acceptors (Lipinski definition) is 2. The first-order chi connectivity index (χ1) is 10.0. The van der Waals surface area contributed by atoms with Crippen LogP contribution < -0.4 is 5.32 Å². The van der Waals surface area contributed by atoms with Crippen LogP contribution in [0.2, 0.25) is 5.02 Å². The van der Waals surface area contributed by atoms with E-state index in [4.69, 9.17) is 11.6 Å². The molecule has 2 aromatic rings. The Bertz CT molecular complexity index is 589. The van der Waals surface area contributed by atoms with Crippen molar-refractivity contribution in [2.75, 3.05) is 6.54 Å². The van der Waals surface area contributed by atoms with E-state index in [2.05, 4.69) is 57.3 Å². The van der Waals surface area contributed by atoms with Crippen LogP contribution in [0.15, 0.2) is 30.3 Å². The van der Waals surface area contributed by atoms with Crippen molar-refractivity contribution in [3.05, 3.63) is 45.8 Å². The summed E-state index contributed by atoms with van der Waals surface area (Å²) in [6.07, 6.45) is 1.16. The first kappa shape index (κ1) is 16.5. The number of thiophene rings is 1. The zero-order valence-corrected chi connectivity index (χ0v) is 14.8. The van der Waals surface area contributed by atoms with E-state index in [1.807, 2.05) is 17.4 Å². The molecule has 1 N–H and O–H groups in total. The number of rotatable bonds is 6. The van der Waals surface area contributed by atoms with Gasteiger partial charge in [0.05, 0.1) is 0 Å². The Kier molecular flexibility index (Phi) is 5.86. The van der Waals surface area contributed by atoms with Gasteiger partial charge in [0.15, 0.2) is 0 Å². The highest BCUT2D eigenvalue weighted by Crippen LogP contribution is 2.37. The van der Waals surface area contributed by atoms with E-state index in [0.29, 0.717) is 12.0 Å². The average molecular weight is 322 g/mol. The van der Waals surface area contributed by atoms with Crippen molar-refractivity contribution in [1.29, 1.82) is 0 Å². The fourth-order valence-corrected chi connectivity index (χ4v) is 4.14. The number of aryl methyl sites for hydroxylation is 1. The highest BCUT2D eigenvalue weighted by Gasteiger charge is 2.18. The van der Waals surface area contributed by atoms with Crippen molar-refractivity contribution in [1.82, 2.24) is 5.32 Å². The maximum atomic E-state index is 6.39. The van der Waals surface area contributed by atoms with Gasteiger partial charge in [-0.05, 0) is 49.6 Å². The van der Waals surface area contributed by atoms with Gasteiger partial charge in [-0.15, -0.1) is 11.3 Å². The van der Waals surface area contributed by atoms with Gasteiger partial charge < -0.3 is 5.32 Å². The second kappa shape index (κ2) is 7.44. The minimum absolute atomic E-state index is 0.424. The topological polar surface area (TPSA) is 12.0 Å². The van der Waals surface area contributed by atoms with Crippen LogP contribution in [0.4, 0.5) is 0 Å². The summed E-state index contributed by atoms with van der Waals surface area (Å²) in [5, 5.41) is 4.49. The Morgan fingerprint density at radius 2 is 1.95 bits per heavy atom. The van der Waals surface area contributed by atoms with E-state index < -0.39 is 0 Å². The molecule has 1 aromatic heterocycles. The van der Waals surface area contributed by atoms with Gasteiger partial charge in [-0.1, -0.05) is 44.5 Å². The molecule has 2 rings (SSSR count). The van der Waals surface area contributed by atoms with Gasteiger partial charge in [0.25, 0.3) is 0 Å². The quantitative estimate of drug-likeness (QED) is 0.680. The second-order valence-corrected chi connectivity index (χ2v) is 7.38. The molecule has 0 fully saturated rings. The monoisotopic (exact) mass is 321 g/mol. The van der Waals surface area contributed by atoms with Gasteiger partial charge in [-0.2, -0.15) is 0 Å². The third kappa shape index (κ3) is 4.09. The van der Waals surface area contributed by atoms with Crippen LogP contribution in [0.25, 0.3) is 10.4 Å². The molecule has 0 aliphatic carbocycles. The van der Waals surface area contributed by atoms with E-state index in [0.717, 1.165) is 23.6 Å². The molecule has 0 aliphatic heterocycles. The molecule has 0 saturated carbocycles. The molecule has 1 aromatic carbocycles. The Morgan fingerprint density at radius 1 is 1.19 bits per heavy atom. The van der Waals surface area contributed by atoms with Gasteiger partial charge in [0.1, 0.15) is 0 Å². The standard InChI is InChI=1S/C18H24ClNS/c1-5-10-20-18(12(2)3)17-9-8-16(21-17)14-7-6-13(4)11-15(14)19/h6-9,11-12,18,20H,5,10H2,1-4H3. The molecule has 1 unspecified atom stereocenters. The zero-order valence-electron chi connectivity index (χ0n) is 13.2. The van der Waals surface area contributed by atoms with Crippen LogP contribution in [0.3, 0.4) is 0 Å². The minimum atomic E-state index is 0.424. The first-order valence-electron chi connectivity index (χ1n) is 7.62. The number of benzene rings is 1. The lowest BCUT2D eigenvalue weighted by atomic mass is 10.0. The van der Waals surface area contributed by atoms with Gasteiger partial charge >= 0.3 is 0 Å². The van der Waals surface area contributed by atoms with E-state index in [9.17, 15) is 0 Å². The van der Waals surface area contributed by atoms with Crippen LogP contribution in [0.5, 0.6) is 0 Å². The third-order valence-electron chi connectivity index (χ3n) is 3.60. The lowest BCUT2D eigenvalue weighted by Crippen LogP contribution is -2.25. The van der Waals surface area contributed by atoms with E-state index >= 15 is 0 Å². The van der Waals surface area contributed by atoms with Crippen molar-refractivity contribution in [3.8, 4) is 10.4 Å². The van der Waals surface area contributed by atoms with E-state index in [-0.39, 0.29) is 0 Å². The largest absolute Gasteiger partial charge is 0.309 e. The summed E-state index contributed by atoms with van der Waals surface area (Å²) < 4.78 is 0. The highest BCUT2D eigenvalue weighted by molar-refractivity contribution is 7.15. The Morgan fingerprint density at radius 3 is 2.57 bits per heavy atom. The Labute approximate surface area is 137 Å². The minimum Gasteiger partial charge on any atom is -0.309 e. The summed E-state index contributed by atoms with van der Waals surface area (Å²) >= 11 is 8.24. The Balaban J connectivity index is 2.27. The fourth-order valence-electron chi connectivity index (χ4n) is 2.45. The number of hydrogen-bond donors (Lipinski definition) is 1. The van der Waals surface area contributed by atoms with E-state index in [1.165, 1.54) is 15.3 Å². The van der Waals surface area contributed by atoms with Crippen molar-refractivity contribution in [2.45, 2.75) is 40.2 Å². The summed E-state index contributed by atoms with van der Waals surface area (Å²) in [5.74, 6) is 0.580. The maximum Gasteiger partial charge on any atom is 0.0495 e. The van der Waals surface area contributed by atoms with Gasteiger partial charge in [-0.3, -0.25) is 0 Å². The molecule has 0 spiro atoms. The normalized spacial score (nSPS) is 12.9. The first-order valence-corrected chi connectivity index (χ1v) is 8.82. The van der Waals surface area contributed by atoms with Crippen LogP contribution in [-0.2, 0) is 0 Å². The summed E-state index contributed by atoms with van der Waals surface area (Å²) in [6.45, 7) is 9.87. The molecule has 3 heteroatoms. The molecule has 0 amide bonds. The highest BCUT2D eigenvalue weighted by atomic mass is 35.5. The van der Waals surface area contributed by atoms with Crippen LogP contribution in [0.1, 0.15) is 43.7 Å². The summed E-state index contributed by atoms with van der Waals surface area (Å²) in [6, 6.07) is 11.1. The Hall–Kier alpha value is -0.830. The fraction of sp³-hybridized carbons (Fsp3) is 0.444. The van der Waals surface area contributed by atoms with Crippen LogP contribution >= 0.6 is 22.9 Å². The van der Waals surface area contributed by atoms with Crippen LogP contribution in [-0.4, -0.2) is 6.54 Å². The molecule has 114 valence electrons. The summed E-state index contributed by atoms with van der Waals surface area (Å²) in [7, 11) is 0.